The molecule has 1 fully saturated rings. The van der Waals surface area contributed by atoms with E-state index in [1.165, 1.54) is 0 Å². The van der Waals surface area contributed by atoms with Crippen molar-refractivity contribution in [2.24, 2.45) is 5.41 Å². The Morgan fingerprint density at radius 1 is 1.31 bits per heavy atom. The number of rotatable bonds is 5. The van der Waals surface area contributed by atoms with Crippen LogP contribution in [0.25, 0.3) is 0 Å². The third-order valence-corrected chi connectivity index (χ3v) is 3.77. The first-order chi connectivity index (χ1) is 7.41. The molecule has 1 heterocycles. The Hall–Kier alpha value is -0.120. The largest absolute Gasteiger partial charge is 0.396 e. The summed E-state index contributed by atoms with van der Waals surface area (Å²) >= 11 is 0. The second-order valence-electron chi connectivity index (χ2n) is 5.99. The van der Waals surface area contributed by atoms with Crippen LogP contribution in [-0.4, -0.2) is 47.0 Å². The Kier molecular flexibility index (Phi) is 4.77. The normalized spacial score (nSPS) is 25.3. The predicted molar refractivity (Wildman–Crippen MR) is 66.4 cm³/mol. The molecule has 0 spiro atoms. The highest BCUT2D eigenvalue weighted by molar-refractivity contribution is 4.85. The maximum absolute atomic E-state index is 9.88. The van der Waals surface area contributed by atoms with Gasteiger partial charge in [0.25, 0.3) is 0 Å². The van der Waals surface area contributed by atoms with Crippen LogP contribution in [0.1, 0.15) is 46.5 Å². The van der Waals surface area contributed by atoms with Gasteiger partial charge in [-0.2, -0.15) is 0 Å². The van der Waals surface area contributed by atoms with Crippen LogP contribution in [0.2, 0.25) is 0 Å². The Morgan fingerprint density at radius 2 is 1.88 bits per heavy atom. The van der Waals surface area contributed by atoms with Crippen LogP contribution in [0.5, 0.6) is 0 Å². The number of aliphatic hydroxyl groups excluding tert-OH is 1. The van der Waals surface area contributed by atoms with Gasteiger partial charge in [0.1, 0.15) is 0 Å². The molecule has 1 rings (SSSR count). The van der Waals surface area contributed by atoms with Crippen molar-refractivity contribution in [1.82, 2.24) is 4.90 Å². The zero-order valence-electron chi connectivity index (χ0n) is 11.0. The van der Waals surface area contributed by atoms with Crippen LogP contribution in [0.4, 0.5) is 0 Å². The second-order valence-corrected chi connectivity index (χ2v) is 5.99. The van der Waals surface area contributed by atoms with Gasteiger partial charge in [-0.3, -0.25) is 0 Å². The third-order valence-electron chi connectivity index (χ3n) is 3.77. The van der Waals surface area contributed by atoms with Crippen molar-refractivity contribution in [3.05, 3.63) is 0 Å². The fraction of sp³-hybridized carbons (Fsp3) is 1.00. The standard InChI is InChI=1S/C13H27NO2/c1-4-5-12(2,11-15)10-14-8-6-13(3,16)7-9-14/h15-16H,4-11H2,1-3H3. The van der Waals surface area contributed by atoms with Gasteiger partial charge in [-0.05, 0) is 26.2 Å². The molecule has 0 aromatic carbocycles. The lowest BCUT2D eigenvalue weighted by atomic mass is 9.84. The highest BCUT2D eigenvalue weighted by Gasteiger charge is 2.31. The molecule has 0 aromatic heterocycles. The number of nitrogens with zero attached hydrogens (tertiary/aromatic N) is 1. The van der Waals surface area contributed by atoms with E-state index in [0.29, 0.717) is 0 Å². The van der Waals surface area contributed by atoms with Crippen LogP contribution in [0.3, 0.4) is 0 Å². The summed E-state index contributed by atoms with van der Waals surface area (Å²) in [6, 6.07) is 0. The fourth-order valence-corrected chi connectivity index (χ4v) is 2.54. The summed E-state index contributed by atoms with van der Waals surface area (Å²) in [5.41, 5.74) is -0.450. The molecular weight excluding hydrogens is 202 g/mol. The molecule has 1 aliphatic heterocycles. The lowest BCUT2D eigenvalue weighted by Crippen LogP contribution is -2.47. The Labute approximate surface area is 99.5 Å². The monoisotopic (exact) mass is 229 g/mol. The first-order valence-corrected chi connectivity index (χ1v) is 6.46. The first kappa shape index (κ1) is 13.9. The lowest BCUT2D eigenvalue weighted by molar-refractivity contribution is -0.0212. The maximum atomic E-state index is 9.88. The molecule has 0 aromatic rings. The van der Waals surface area contributed by atoms with Crippen molar-refractivity contribution in [3.63, 3.8) is 0 Å². The Bertz CT molecular complexity index is 208. The van der Waals surface area contributed by atoms with Gasteiger partial charge in [-0.1, -0.05) is 20.3 Å². The average molecular weight is 229 g/mol. The van der Waals surface area contributed by atoms with Crippen molar-refractivity contribution in [2.45, 2.75) is 52.1 Å². The van der Waals surface area contributed by atoms with Gasteiger partial charge in [0, 0.05) is 31.7 Å². The third kappa shape index (κ3) is 4.04. The van der Waals surface area contributed by atoms with Crippen molar-refractivity contribution in [3.8, 4) is 0 Å². The number of aliphatic hydroxyl groups is 2. The second kappa shape index (κ2) is 5.48. The van der Waals surface area contributed by atoms with Crippen LogP contribution < -0.4 is 0 Å². The minimum atomic E-state index is -0.475. The van der Waals surface area contributed by atoms with Gasteiger partial charge in [0.2, 0.25) is 0 Å². The van der Waals surface area contributed by atoms with E-state index in [-0.39, 0.29) is 12.0 Å². The van der Waals surface area contributed by atoms with E-state index >= 15 is 0 Å². The maximum Gasteiger partial charge on any atom is 0.0644 e. The molecular formula is C13H27NO2. The van der Waals surface area contributed by atoms with Crippen molar-refractivity contribution in [1.29, 1.82) is 0 Å². The number of hydrogen-bond donors (Lipinski definition) is 2. The van der Waals surface area contributed by atoms with E-state index in [2.05, 4.69) is 18.7 Å². The quantitative estimate of drug-likeness (QED) is 0.753. The fourth-order valence-electron chi connectivity index (χ4n) is 2.54. The molecule has 0 saturated carbocycles. The highest BCUT2D eigenvalue weighted by Crippen LogP contribution is 2.27. The van der Waals surface area contributed by atoms with E-state index in [4.69, 9.17) is 0 Å². The number of likely N-dealkylation sites (tertiary alicyclic amines) is 1. The molecule has 0 aliphatic carbocycles. The molecule has 3 heteroatoms. The van der Waals surface area contributed by atoms with E-state index < -0.39 is 5.60 Å². The van der Waals surface area contributed by atoms with E-state index in [9.17, 15) is 10.2 Å². The Morgan fingerprint density at radius 3 is 2.31 bits per heavy atom. The van der Waals surface area contributed by atoms with Crippen molar-refractivity contribution >= 4 is 0 Å². The number of hydrogen-bond acceptors (Lipinski definition) is 3. The molecule has 3 nitrogen and oxygen atoms in total. The summed E-state index contributed by atoms with van der Waals surface area (Å²) in [6.45, 7) is 9.35. The van der Waals surface area contributed by atoms with Gasteiger partial charge in [-0.15, -0.1) is 0 Å². The van der Waals surface area contributed by atoms with Gasteiger partial charge < -0.3 is 15.1 Å². The highest BCUT2D eigenvalue weighted by atomic mass is 16.3. The molecule has 1 saturated heterocycles. The van der Waals surface area contributed by atoms with E-state index in [1.54, 1.807) is 0 Å². The van der Waals surface area contributed by atoms with Gasteiger partial charge >= 0.3 is 0 Å². The minimum Gasteiger partial charge on any atom is -0.396 e. The zero-order valence-corrected chi connectivity index (χ0v) is 11.0. The van der Waals surface area contributed by atoms with Crippen LogP contribution in [0.15, 0.2) is 0 Å². The minimum absolute atomic E-state index is 0.0257. The number of piperidine rings is 1. The summed E-state index contributed by atoms with van der Waals surface area (Å²) in [7, 11) is 0. The lowest BCUT2D eigenvalue weighted by Gasteiger charge is -2.40. The van der Waals surface area contributed by atoms with Gasteiger partial charge in [0.15, 0.2) is 0 Å². The van der Waals surface area contributed by atoms with E-state index in [0.717, 1.165) is 45.3 Å². The molecule has 2 N–H and O–H groups in total. The molecule has 16 heavy (non-hydrogen) atoms. The van der Waals surface area contributed by atoms with Gasteiger partial charge in [0.05, 0.1) is 5.60 Å². The summed E-state index contributed by atoms with van der Waals surface area (Å²) in [5.74, 6) is 0. The first-order valence-electron chi connectivity index (χ1n) is 6.46. The van der Waals surface area contributed by atoms with Crippen molar-refractivity contribution < 1.29 is 10.2 Å². The summed E-state index contributed by atoms with van der Waals surface area (Å²) in [5, 5.41) is 19.3. The van der Waals surface area contributed by atoms with Crippen LogP contribution in [0, 0.1) is 5.41 Å². The summed E-state index contributed by atoms with van der Waals surface area (Å²) in [4.78, 5) is 2.38. The summed E-state index contributed by atoms with van der Waals surface area (Å²) < 4.78 is 0. The molecule has 1 aliphatic rings. The molecule has 1 unspecified atom stereocenters. The van der Waals surface area contributed by atoms with E-state index in [1.807, 2.05) is 6.92 Å². The molecule has 0 amide bonds. The molecule has 1 atom stereocenters. The molecule has 0 bridgehead atoms. The smallest absolute Gasteiger partial charge is 0.0644 e. The molecule has 96 valence electrons. The zero-order chi connectivity index (χ0) is 12.2. The van der Waals surface area contributed by atoms with Gasteiger partial charge in [-0.25, -0.2) is 0 Å². The van der Waals surface area contributed by atoms with Crippen LogP contribution >= 0.6 is 0 Å². The predicted octanol–water partition coefficient (Wildman–Crippen LogP) is 1.63. The molecule has 0 radical (unpaired) electrons. The summed E-state index contributed by atoms with van der Waals surface area (Å²) in [6.07, 6.45) is 3.88. The topological polar surface area (TPSA) is 43.7 Å². The Balaban J connectivity index is 2.42. The van der Waals surface area contributed by atoms with Crippen molar-refractivity contribution in [2.75, 3.05) is 26.2 Å². The van der Waals surface area contributed by atoms with Crippen LogP contribution in [-0.2, 0) is 0 Å². The SMILES string of the molecule is CCCC(C)(CO)CN1CCC(C)(O)CC1. The average Bonchev–Trinajstić information content (AvgIpc) is 2.22.